The van der Waals surface area contributed by atoms with Gasteiger partial charge in [-0.15, -0.1) is 0 Å². The van der Waals surface area contributed by atoms with Crippen molar-refractivity contribution in [2.24, 2.45) is 0 Å². The van der Waals surface area contributed by atoms with Crippen molar-refractivity contribution in [3.63, 3.8) is 0 Å². The van der Waals surface area contributed by atoms with E-state index in [-0.39, 0.29) is 57.1 Å². The number of unbranched alkanes of at least 4 members (excludes halogenated alkanes) is 10. The van der Waals surface area contributed by atoms with Gasteiger partial charge >= 0.3 is 121 Å². The summed E-state index contributed by atoms with van der Waals surface area (Å²) in [7, 11) is 0. The van der Waals surface area contributed by atoms with Crippen LogP contribution < -0.4 is 0 Å². The molecule has 0 aliphatic heterocycles. The van der Waals surface area contributed by atoms with E-state index in [0.29, 0.717) is 0 Å². The number of rotatable bonds is 18. The SMILES string of the molecule is CC(=O)CC(C)=O.CC(=O)CC(C)=O.CCCCCCC[CH2][Sn][CH2]CCCCCCC. The zero-order valence-corrected chi connectivity index (χ0v) is 24.3. The Balaban J connectivity index is -0.000000460. The summed E-state index contributed by atoms with van der Waals surface area (Å²) in [5, 5.41) is 0. The Hall–Kier alpha value is -0.521. The molecule has 0 saturated carbocycles. The van der Waals surface area contributed by atoms with Crippen molar-refractivity contribution >= 4 is 44.3 Å². The quantitative estimate of drug-likeness (QED) is 0.103. The van der Waals surface area contributed by atoms with Gasteiger partial charge in [0.2, 0.25) is 0 Å². The van der Waals surface area contributed by atoms with E-state index in [1.54, 1.807) is 21.7 Å². The van der Waals surface area contributed by atoms with Crippen molar-refractivity contribution in [3.05, 3.63) is 0 Å². The fourth-order valence-electron chi connectivity index (χ4n) is 2.89. The molecule has 5 heteroatoms. The molecule has 0 amide bonds. The van der Waals surface area contributed by atoms with Gasteiger partial charge in [-0.3, -0.25) is 19.2 Å². The summed E-state index contributed by atoms with van der Waals surface area (Å²) in [6.45, 7) is 10.2. The maximum absolute atomic E-state index is 10.0. The van der Waals surface area contributed by atoms with Crippen molar-refractivity contribution < 1.29 is 19.2 Å². The number of hydrogen-bond acceptors (Lipinski definition) is 4. The van der Waals surface area contributed by atoms with Gasteiger partial charge in [0.25, 0.3) is 0 Å². The van der Waals surface area contributed by atoms with Crippen molar-refractivity contribution in [3.8, 4) is 0 Å². The first-order valence-electron chi connectivity index (χ1n) is 12.4. The van der Waals surface area contributed by atoms with Crippen LogP contribution in [-0.2, 0) is 19.2 Å². The zero-order valence-electron chi connectivity index (χ0n) is 21.4. The molecule has 0 rings (SSSR count). The van der Waals surface area contributed by atoms with Crippen LogP contribution >= 0.6 is 0 Å². The van der Waals surface area contributed by atoms with E-state index in [0.717, 1.165) is 0 Å². The van der Waals surface area contributed by atoms with E-state index in [1.165, 1.54) is 91.9 Å². The summed E-state index contributed by atoms with van der Waals surface area (Å²) < 4.78 is 3.31. The Morgan fingerprint density at radius 3 is 0.935 bits per heavy atom. The number of carbonyl (C=O) groups excluding carboxylic acids is 4. The molecule has 0 unspecified atom stereocenters. The standard InChI is InChI=1S/2C8H17.2C5H8O2.Sn/c2*1-3-5-7-8-6-4-2;2*1-4(6)3-5(2)7;/h2*1,3-8H2,2H3;2*3H2,1-2H3;. The molecule has 0 aromatic heterocycles. The number of hydrogen-bond donors (Lipinski definition) is 0. The van der Waals surface area contributed by atoms with Gasteiger partial charge < -0.3 is 0 Å². The van der Waals surface area contributed by atoms with E-state index < -0.39 is 0 Å². The Kier molecular flexibility index (Phi) is 33.4. The number of ketones is 4. The summed E-state index contributed by atoms with van der Waals surface area (Å²) in [6.07, 6.45) is 18.0. The maximum atomic E-state index is 10.0. The summed E-state index contributed by atoms with van der Waals surface area (Å²) in [5.41, 5.74) is 0. The van der Waals surface area contributed by atoms with Crippen molar-refractivity contribution in [1.29, 1.82) is 0 Å². The van der Waals surface area contributed by atoms with E-state index in [2.05, 4.69) is 13.8 Å². The average Bonchev–Trinajstić information content (AvgIpc) is 2.64. The van der Waals surface area contributed by atoms with Gasteiger partial charge in [-0.2, -0.15) is 0 Å². The molecule has 0 fully saturated rings. The van der Waals surface area contributed by atoms with Crippen LogP contribution in [0.1, 0.15) is 131 Å². The Labute approximate surface area is 203 Å². The second-order valence-electron chi connectivity index (χ2n) is 8.45. The molecule has 0 atom stereocenters. The first-order valence-corrected chi connectivity index (χ1v) is 16.4. The molecule has 31 heavy (non-hydrogen) atoms. The minimum atomic E-state index is -0.0625. The molecule has 0 aliphatic rings. The van der Waals surface area contributed by atoms with Crippen LogP contribution in [0.3, 0.4) is 0 Å². The van der Waals surface area contributed by atoms with Gasteiger partial charge in [-0.05, 0) is 27.7 Å². The van der Waals surface area contributed by atoms with Crippen LogP contribution in [0.4, 0.5) is 0 Å². The van der Waals surface area contributed by atoms with Gasteiger partial charge in [0.15, 0.2) is 0 Å². The van der Waals surface area contributed by atoms with E-state index >= 15 is 0 Å². The fourth-order valence-corrected chi connectivity index (χ4v) is 6.45. The van der Waals surface area contributed by atoms with Crippen LogP contribution in [0.15, 0.2) is 0 Å². The average molecular weight is 545 g/mol. The number of carbonyl (C=O) groups is 4. The van der Waals surface area contributed by atoms with Gasteiger partial charge in [-0.1, -0.05) is 0 Å². The molecular weight excluding hydrogens is 495 g/mol. The van der Waals surface area contributed by atoms with Gasteiger partial charge in [0.05, 0.1) is 12.8 Å². The third kappa shape index (κ3) is 48.2. The molecule has 182 valence electrons. The van der Waals surface area contributed by atoms with E-state index in [1.807, 2.05) is 0 Å². The van der Waals surface area contributed by atoms with Crippen molar-refractivity contribution in [1.82, 2.24) is 0 Å². The van der Waals surface area contributed by atoms with Gasteiger partial charge in [-0.25, -0.2) is 0 Å². The molecule has 0 saturated heterocycles. The molecule has 0 aliphatic carbocycles. The molecule has 0 spiro atoms. The Morgan fingerprint density at radius 2 is 0.710 bits per heavy atom. The first kappa shape index (κ1) is 35.1. The van der Waals surface area contributed by atoms with Crippen molar-refractivity contribution in [2.45, 2.75) is 140 Å². The fraction of sp³-hybridized carbons (Fsp3) is 0.846. The molecular formula is C26H50O4Sn. The van der Waals surface area contributed by atoms with Gasteiger partial charge in [0, 0.05) is 0 Å². The van der Waals surface area contributed by atoms with E-state index in [9.17, 15) is 19.2 Å². The zero-order chi connectivity index (χ0) is 24.3. The predicted molar refractivity (Wildman–Crippen MR) is 134 cm³/mol. The van der Waals surface area contributed by atoms with Crippen molar-refractivity contribution in [2.75, 3.05) is 0 Å². The third-order valence-electron chi connectivity index (χ3n) is 4.41. The number of Topliss-reactive ketones (excluding diaryl/α,β-unsaturated/α-hetero) is 4. The summed E-state index contributed by atoms with van der Waals surface area (Å²) >= 11 is 0.0736. The van der Waals surface area contributed by atoms with Gasteiger partial charge in [0.1, 0.15) is 23.1 Å². The predicted octanol–water partition coefficient (Wildman–Crippen LogP) is 7.36. The second-order valence-corrected chi connectivity index (χ2v) is 12.7. The molecule has 0 N–H and O–H groups in total. The molecule has 0 aromatic carbocycles. The van der Waals surface area contributed by atoms with Crippen LogP contribution in [0.2, 0.25) is 8.87 Å². The summed E-state index contributed by atoms with van der Waals surface area (Å²) in [5.74, 6) is -0.250. The molecule has 4 nitrogen and oxygen atoms in total. The molecule has 0 bridgehead atoms. The molecule has 0 aromatic rings. The van der Waals surface area contributed by atoms with Crippen LogP contribution in [0.5, 0.6) is 0 Å². The third-order valence-corrected chi connectivity index (χ3v) is 8.45. The summed E-state index contributed by atoms with van der Waals surface area (Å²) in [6, 6.07) is 0. The molecule has 2 radical (unpaired) electrons. The Bertz CT molecular complexity index is 383. The Morgan fingerprint density at radius 1 is 0.452 bits per heavy atom. The van der Waals surface area contributed by atoms with E-state index in [4.69, 9.17) is 0 Å². The molecule has 0 heterocycles. The monoisotopic (exact) mass is 546 g/mol. The van der Waals surface area contributed by atoms with Crippen LogP contribution in [0.25, 0.3) is 0 Å². The topological polar surface area (TPSA) is 68.3 Å². The summed E-state index contributed by atoms with van der Waals surface area (Å²) in [4.78, 5) is 40.1. The van der Waals surface area contributed by atoms with Crippen LogP contribution in [0, 0.1) is 0 Å². The first-order chi connectivity index (χ1) is 14.7. The second kappa shape index (κ2) is 29.5. The normalized spacial score (nSPS) is 9.74. The van der Waals surface area contributed by atoms with Crippen LogP contribution in [-0.4, -0.2) is 44.3 Å². The minimum absolute atomic E-state index is 0.0625.